The van der Waals surface area contributed by atoms with Gasteiger partial charge in [0.1, 0.15) is 0 Å². The molecule has 0 aliphatic carbocycles. The van der Waals surface area contributed by atoms with Crippen molar-refractivity contribution in [1.82, 2.24) is 25.1 Å². The summed E-state index contributed by atoms with van der Waals surface area (Å²) in [5.41, 5.74) is 1.98. The number of hydrogen-bond donors (Lipinski definition) is 3. The molecule has 0 saturated carbocycles. The average molecular weight is 374 g/mol. The lowest BCUT2D eigenvalue weighted by Crippen LogP contribution is -2.43. The summed E-state index contributed by atoms with van der Waals surface area (Å²) in [7, 11) is 0. The number of nitrogens with zero attached hydrogens (tertiary/aromatic N) is 3. The van der Waals surface area contributed by atoms with Crippen molar-refractivity contribution in [1.29, 1.82) is 0 Å². The molecule has 1 aliphatic rings. The predicted molar refractivity (Wildman–Crippen MR) is 96.2 cm³/mol. The van der Waals surface area contributed by atoms with Crippen LogP contribution in [0.1, 0.15) is 6.92 Å². The SMILES string of the molecule is CCOc1cc2[nH]c(-c3n[nH]cc3NC(=O)N3CCOCC3)nc2cc1F. The molecule has 0 spiro atoms. The Balaban J connectivity index is 1.60. The van der Waals surface area contributed by atoms with E-state index in [0.29, 0.717) is 61.1 Å². The fraction of sp³-hybridized carbons (Fsp3) is 0.353. The maximum Gasteiger partial charge on any atom is 0.322 e. The highest BCUT2D eigenvalue weighted by atomic mass is 19.1. The van der Waals surface area contributed by atoms with Crippen LogP contribution in [0.15, 0.2) is 18.3 Å². The molecule has 1 aromatic carbocycles. The monoisotopic (exact) mass is 374 g/mol. The third-order valence-electron chi connectivity index (χ3n) is 4.24. The Morgan fingerprint density at radius 1 is 1.41 bits per heavy atom. The minimum Gasteiger partial charge on any atom is -0.491 e. The summed E-state index contributed by atoms with van der Waals surface area (Å²) in [5, 5.41) is 9.71. The first-order valence-corrected chi connectivity index (χ1v) is 8.65. The van der Waals surface area contributed by atoms with Crippen LogP contribution in [-0.4, -0.2) is 64.0 Å². The number of benzene rings is 1. The number of carbonyl (C=O) groups is 1. The van der Waals surface area contributed by atoms with Gasteiger partial charge in [-0.05, 0) is 6.92 Å². The number of aromatic nitrogens is 4. The van der Waals surface area contributed by atoms with Crippen molar-refractivity contribution < 1.29 is 18.7 Å². The third-order valence-corrected chi connectivity index (χ3v) is 4.24. The third kappa shape index (κ3) is 3.43. The van der Waals surface area contributed by atoms with Crippen LogP contribution in [-0.2, 0) is 4.74 Å². The van der Waals surface area contributed by atoms with Gasteiger partial charge in [0.2, 0.25) is 0 Å². The minimum atomic E-state index is -0.481. The number of halogens is 1. The van der Waals surface area contributed by atoms with Gasteiger partial charge in [-0.3, -0.25) is 5.10 Å². The van der Waals surface area contributed by atoms with Crippen molar-refractivity contribution in [3.63, 3.8) is 0 Å². The lowest BCUT2D eigenvalue weighted by Gasteiger charge is -2.26. The van der Waals surface area contributed by atoms with Gasteiger partial charge in [-0.25, -0.2) is 14.2 Å². The molecule has 3 N–H and O–H groups in total. The largest absolute Gasteiger partial charge is 0.491 e. The molecule has 3 aromatic rings. The smallest absolute Gasteiger partial charge is 0.322 e. The summed E-state index contributed by atoms with van der Waals surface area (Å²) in [6.07, 6.45) is 1.58. The van der Waals surface area contributed by atoms with Gasteiger partial charge in [0, 0.05) is 31.4 Å². The molecule has 10 heteroatoms. The number of carbonyl (C=O) groups excluding carboxylic acids is 1. The van der Waals surface area contributed by atoms with Crippen molar-refractivity contribution in [3.05, 3.63) is 24.1 Å². The topological polar surface area (TPSA) is 108 Å². The number of H-pyrrole nitrogens is 2. The molecular formula is C17H19FN6O3. The summed E-state index contributed by atoms with van der Waals surface area (Å²) in [4.78, 5) is 21.5. The van der Waals surface area contributed by atoms with Crippen LogP contribution in [0, 0.1) is 5.82 Å². The Labute approximate surface area is 153 Å². The van der Waals surface area contributed by atoms with Crippen LogP contribution < -0.4 is 10.1 Å². The Morgan fingerprint density at radius 3 is 3.00 bits per heavy atom. The zero-order valence-electron chi connectivity index (χ0n) is 14.7. The number of hydrogen-bond acceptors (Lipinski definition) is 5. The van der Waals surface area contributed by atoms with Crippen molar-refractivity contribution in [3.8, 4) is 17.3 Å². The molecule has 0 atom stereocenters. The van der Waals surface area contributed by atoms with E-state index >= 15 is 0 Å². The van der Waals surface area contributed by atoms with Crippen molar-refractivity contribution in [2.75, 3.05) is 38.2 Å². The Kier molecular flexibility index (Phi) is 4.63. The number of anilines is 1. The van der Waals surface area contributed by atoms with Gasteiger partial charge in [0.15, 0.2) is 23.1 Å². The van der Waals surface area contributed by atoms with E-state index in [9.17, 15) is 9.18 Å². The molecule has 4 rings (SSSR count). The van der Waals surface area contributed by atoms with E-state index in [1.807, 2.05) is 0 Å². The summed E-state index contributed by atoms with van der Waals surface area (Å²) < 4.78 is 24.6. The van der Waals surface area contributed by atoms with Gasteiger partial charge in [-0.15, -0.1) is 0 Å². The first kappa shape index (κ1) is 17.3. The molecular weight excluding hydrogens is 355 g/mol. The fourth-order valence-electron chi connectivity index (χ4n) is 2.92. The number of nitrogens with one attached hydrogen (secondary N) is 3. The van der Waals surface area contributed by atoms with Crippen molar-refractivity contribution in [2.45, 2.75) is 6.92 Å². The normalized spacial score (nSPS) is 14.5. The Bertz CT molecular complexity index is 963. The zero-order valence-corrected chi connectivity index (χ0v) is 14.7. The van der Waals surface area contributed by atoms with Crippen LogP contribution in [0.25, 0.3) is 22.6 Å². The van der Waals surface area contributed by atoms with Crippen LogP contribution in [0.5, 0.6) is 5.75 Å². The van der Waals surface area contributed by atoms with Gasteiger partial charge in [0.25, 0.3) is 0 Å². The zero-order chi connectivity index (χ0) is 18.8. The molecule has 0 unspecified atom stereocenters. The number of aromatic amines is 2. The second kappa shape index (κ2) is 7.23. The number of fused-ring (bicyclic) bond motifs is 1. The summed E-state index contributed by atoms with van der Waals surface area (Å²) in [6, 6.07) is 2.63. The van der Waals surface area contributed by atoms with Gasteiger partial charge in [-0.2, -0.15) is 5.10 Å². The molecule has 1 fully saturated rings. The average Bonchev–Trinajstić information content (AvgIpc) is 3.29. The molecule has 0 bridgehead atoms. The highest BCUT2D eigenvalue weighted by molar-refractivity contribution is 5.93. The standard InChI is InChI=1S/C17H19FN6O3/c1-2-27-14-8-12-11(7-10(14)18)20-16(21-12)15-13(9-19-23-15)22-17(25)24-3-5-26-6-4-24/h7-9H,2-6H2,1H3,(H,19,23)(H,20,21)(H,22,25). The van der Waals surface area contributed by atoms with E-state index in [4.69, 9.17) is 9.47 Å². The van der Waals surface area contributed by atoms with Crippen molar-refractivity contribution >= 4 is 22.8 Å². The highest BCUT2D eigenvalue weighted by Crippen LogP contribution is 2.29. The second-order valence-electron chi connectivity index (χ2n) is 6.00. The Hall–Kier alpha value is -3.14. The summed E-state index contributed by atoms with van der Waals surface area (Å²) >= 11 is 0. The number of morpholine rings is 1. The highest BCUT2D eigenvalue weighted by Gasteiger charge is 2.21. The van der Waals surface area contributed by atoms with E-state index in [0.717, 1.165) is 0 Å². The fourth-order valence-corrected chi connectivity index (χ4v) is 2.92. The number of urea groups is 1. The van der Waals surface area contributed by atoms with Crippen LogP contribution in [0.3, 0.4) is 0 Å². The molecule has 1 saturated heterocycles. The molecule has 27 heavy (non-hydrogen) atoms. The van der Waals surface area contributed by atoms with Crippen molar-refractivity contribution in [2.24, 2.45) is 0 Å². The molecule has 142 valence electrons. The van der Waals surface area contributed by atoms with E-state index in [2.05, 4.69) is 25.5 Å². The van der Waals surface area contributed by atoms with E-state index < -0.39 is 5.82 Å². The minimum absolute atomic E-state index is 0.156. The maximum absolute atomic E-state index is 14.0. The summed E-state index contributed by atoms with van der Waals surface area (Å²) in [5.74, 6) is 0.0879. The first-order valence-electron chi connectivity index (χ1n) is 8.65. The first-order chi connectivity index (χ1) is 13.2. The van der Waals surface area contributed by atoms with E-state index in [1.54, 1.807) is 24.1 Å². The van der Waals surface area contributed by atoms with Gasteiger partial charge in [-0.1, -0.05) is 0 Å². The lowest BCUT2D eigenvalue weighted by atomic mass is 10.3. The Morgan fingerprint density at radius 2 is 2.22 bits per heavy atom. The van der Waals surface area contributed by atoms with Gasteiger partial charge >= 0.3 is 6.03 Å². The molecule has 9 nitrogen and oxygen atoms in total. The maximum atomic E-state index is 14.0. The number of ether oxygens (including phenoxy) is 2. The van der Waals surface area contributed by atoms with Crippen LogP contribution >= 0.6 is 0 Å². The molecule has 2 amide bonds. The second-order valence-corrected chi connectivity index (χ2v) is 6.00. The van der Waals surface area contributed by atoms with Crippen LogP contribution in [0.4, 0.5) is 14.9 Å². The van der Waals surface area contributed by atoms with E-state index in [1.165, 1.54) is 6.07 Å². The van der Waals surface area contributed by atoms with Gasteiger partial charge < -0.3 is 24.7 Å². The number of imidazole rings is 1. The molecule has 0 radical (unpaired) electrons. The predicted octanol–water partition coefficient (Wildman–Crippen LogP) is 2.35. The van der Waals surface area contributed by atoms with E-state index in [-0.39, 0.29) is 11.8 Å². The quantitative estimate of drug-likeness (QED) is 0.650. The van der Waals surface area contributed by atoms with Gasteiger partial charge in [0.05, 0.1) is 36.5 Å². The number of amides is 2. The molecule has 2 aromatic heterocycles. The van der Waals surface area contributed by atoms with Crippen LogP contribution in [0.2, 0.25) is 0 Å². The summed E-state index contributed by atoms with van der Waals surface area (Å²) in [6.45, 7) is 4.24. The molecule has 3 heterocycles. The molecule has 1 aliphatic heterocycles. The number of rotatable bonds is 4. The lowest BCUT2D eigenvalue weighted by molar-refractivity contribution is 0.0564.